The van der Waals surface area contributed by atoms with Gasteiger partial charge in [-0.25, -0.2) is 4.79 Å². The third-order valence-electron chi connectivity index (χ3n) is 5.36. The molecule has 1 aliphatic heterocycles. The van der Waals surface area contributed by atoms with Crippen LogP contribution in [0.2, 0.25) is 0 Å². The van der Waals surface area contributed by atoms with Crippen LogP contribution in [-0.4, -0.2) is 60.8 Å². The maximum Gasteiger partial charge on any atom is 0.317 e. The van der Waals surface area contributed by atoms with E-state index in [0.29, 0.717) is 19.5 Å². The van der Waals surface area contributed by atoms with Crippen LogP contribution in [0, 0.1) is 5.41 Å². The van der Waals surface area contributed by atoms with E-state index < -0.39 is 11.4 Å². The van der Waals surface area contributed by atoms with E-state index in [2.05, 4.69) is 10.3 Å². The number of aliphatic carboxylic acids is 1. The van der Waals surface area contributed by atoms with Crippen LogP contribution < -0.4 is 14.8 Å². The number of fused-ring (bicyclic) bond motifs is 1. The SMILES string of the molecule is COc1cc(OC)c2cc(CCCNC(=O)N3CCC(C)(C(=O)O)C3)[nH]c2c1. The number of carbonyl (C=O) groups excluding carboxylic acids is 1. The molecule has 0 radical (unpaired) electrons. The minimum atomic E-state index is -0.853. The van der Waals surface area contributed by atoms with E-state index in [-0.39, 0.29) is 12.6 Å². The Morgan fingerprint density at radius 3 is 2.71 bits per heavy atom. The summed E-state index contributed by atoms with van der Waals surface area (Å²) in [4.78, 5) is 28.5. The number of aromatic amines is 1. The fourth-order valence-corrected chi connectivity index (χ4v) is 3.55. The Labute approximate surface area is 163 Å². The van der Waals surface area contributed by atoms with E-state index in [1.807, 2.05) is 18.2 Å². The van der Waals surface area contributed by atoms with Gasteiger partial charge in [-0.2, -0.15) is 0 Å². The molecule has 3 N–H and O–H groups in total. The zero-order valence-electron chi connectivity index (χ0n) is 16.5. The first-order valence-corrected chi connectivity index (χ1v) is 9.36. The molecule has 28 heavy (non-hydrogen) atoms. The number of hydrogen-bond acceptors (Lipinski definition) is 4. The fourth-order valence-electron chi connectivity index (χ4n) is 3.55. The standard InChI is InChI=1S/C20H27N3O5/c1-20(18(24)25)6-8-23(12-20)19(26)21-7-4-5-13-9-15-16(22-13)10-14(27-2)11-17(15)28-3/h9-11,22H,4-8,12H2,1-3H3,(H,21,26)(H,24,25). The number of aryl methyl sites for hydroxylation is 1. The number of carboxylic acid groups (broad SMARTS) is 1. The van der Waals surface area contributed by atoms with Crippen molar-refractivity contribution >= 4 is 22.9 Å². The lowest BCUT2D eigenvalue weighted by Crippen LogP contribution is -2.41. The van der Waals surface area contributed by atoms with Crippen LogP contribution in [-0.2, 0) is 11.2 Å². The molecule has 1 atom stereocenters. The van der Waals surface area contributed by atoms with Crippen LogP contribution in [0.15, 0.2) is 18.2 Å². The van der Waals surface area contributed by atoms with E-state index in [0.717, 1.165) is 40.9 Å². The van der Waals surface area contributed by atoms with E-state index in [9.17, 15) is 14.7 Å². The van der Waals surface area contributed by atoms with E-state index in [1.165, 1.54) is 0 Å². The Hall–Kier alpha value is -2.90. The van der Waals surface area contributed by atoms with E-state index in [4.69, 9.17) is 9.47 Å². The number of benzene rings is 1. The van der Waals surface area contributed by atoms with Crippen LogP contribution in [0.3, 0.4) is 0 Å². The highest BCUT2D eigenvalue weighted by Crippen LogP contribution is 2.32. The Kier molecular flexibility index (Phi) is 5.67. The molecule has 2 amide bonds. The van der Waals surface area contributed by atoms with Crippen molar-refractivity contribution < 1.29 is 24.2 Å². The summed E-state index contributed by atoms with van der Waals surface area (Å²) in [6, 6.07) is 5.62. The number of nitrogens with zero attached hydrogens (tertiary/aromatic N) is 1. The van der Waals surface area contributed by atoms with Gasteiger partial charge in [0, 0.05) is 42.8 Å². The number of aromatic nitrogens is 1. The third-order valence-corrected chi connectivity index (χ3v) is 5.36. The van der Waals surface area contributed by atoms with Crippen LogP contribution in [0.4, 0.5) is 4.79 Å². The predicted molar refractivity (Wildman–Crippen MR) is 105 cm³/mol. The van der Waals surface area contributed by atoms with Gasteiger partial charge in [-0.15, -0.1) is 0 Å². The molecule has 152 valence electrons. The van der Waals surface area contributed by atoms with Crippen molar-refractivity contribution in [1.82, 2.24) is 15.2 Å². The average molecular weight is 389 g/mol. The van der Waals surface area contributed by atoms with Gasteiger partial charge >= 0.3 is 12.0 Å². The zero-order valence-corrected chi connectivity index (χ0v) is 16.5. The Bertz CT molecular complexity index is 878. The highest BCUT2D eigenvalue weighted by molar-refractivity contribution is 5.88. The number of carbonyl (C=O) groups is 2. The van der Waals surface area contributed by atoms with Crippen molar-refractivity contribution in [2.24, 2.45) is 5.41 Å². The number of methoxy groups -OCH3 is 2. The van der Waals surface area contributed by atoms with Gasteiger partial charge in [-0.3, -0.25) is 4.79 Å². The maximum absolute atomic E-state index is 12.2. The fraction of sp³-hybridized carbons (Fsp3) is 0.500. The van der Waals surface area contributed by atoms with Crippen molar-refractivity contribution in [2.45, 2.75) is 26.2 Å². The summed E-state index contributed by atoms with van der Waals surface area (Å²) in [5.74, 6) is 0.623. The van der Waals surface area contributed by atoms with Crippen LogP contribution in [0.1, 0.15) is 25.5 Å². The van der Waals surface area contributed by atoms with Gasteiger partial charge in [-0.05, 0) is 32.3 Å². The lowest BCUT2D eigenvalue weighted by molar-refractivity contribution is -0.147. The van der Waals surface area contributed by atoms with Gasteiger partial charge in [0.2, 0.25) is 0 Å². The molecule has 1 aromatic heterocycles. The van der Waals surface area contributed by atoms with Crippen LogP contribution in [0.5, 0.6) is 11.5 Å². The number of hydrogen-bond donors (Lipinski definition) is 3. The van der Waals surface area contributed by atoms with Gasteiger partial charge in [0.15, 0.2) is 0 Å². The highest BCUT2D eigenvalue weighted by atomic mass is 16.5. The zero-order chi connectivity index (χ0) is 20.3. The molecule has 0 spiro atoms. The molecule has 1 fully saturated rings. The van der Waals surface area contributed by atoms with Crippen molar-refractivity contribution in [3.63, 3.8) is 0 Å². The number of urea groups is 1. The minimum Gasteiger partial charge on any atom is -0.497 e. The summed E-state index contributed by atoms with van der Waals surface area (Å²) < 4.78 is 10.7. The topological polar surface area (TPSA) is 104 Å². The lowest BCUT2D eigenvalue weighted by atomic mass is 9.90. The monoisotopic (exact) mass is 389 g/mol. The van der Waals surface area contributed by atoms with Crippen molar-refractivity contribution in [2.75, 3.05) is 33.9 Å². The largest absolute Gasteiger partial charge is 0.497 e. The molecule has 8 nitrogen and oxygen atoms in total. The molecule has 1 aliphatic rings. The molecule has 2 aromatic rings. The third kappa shape index (κ3) is 4.00. The number of H-pyrrole nitrogens is 1. The Morgan fingerprint density at radius 2 is 2.07 bits per heavy atom. The smallest absolute Gasteiger partial charge is 0.317 e. The second-order valence-corrected chi connectivity index (χ2v) is 7.46. The van der Waals surface area contributed by atoms with Crippen LogP contribution in [0.25, 0.3) is 10.9 Å². The number of ether oxygens (including phenoxy) is 2. The molecule has 8 heteroatoms. The summed E-state index contributed by atoms with van der Waals surface area (Å²) in [7, 11) is 3.25. The molecule has 2 heterocycles. The highest BCUT2D eigenvalue weighted by Gasteiger charge is 2.42. The van der Waals surface area contributed by atoms with Crippen molar-refractivity contribution in [3.05, 3.63) is 23.9 Å². The summed E-state index contributed by atoms with van der Waals surface area (Å²) in [6.07, 6.45) is 2.02. The van der Waals surface area contributed by atoms with E-state index in [1.54, 1.807) is 26.0 Å². The summed E-state index contributed by atoms with van der Waals surface area (Å²) in [6.45, 7) is 2.92. The van der Waals surface area contributed by atoms with Gasteiger partial charge in [0.1, 0.15) is 11.5 Å². The Balaban J connectivity index is 1.52. The lowest BCUT2D eigenvalue weighted by Gasteiger charge is -2.20. The van der Waals surface area contributed by atoms with Gasteiger partial charge in [0.25, 0.3) is 0 Å². The molecule has 1 unspecified atom stereocenters. The normalized spacial score (nSPS) is 19.0. The molecule has 1 aromatic carbocycles. The van der Waals surface area contributed by atoms with Crippen LogP contribution >= 0.6 is 0 Å². The molecule has 0 bridgehead atoms. The first-order valence-electron chi connectivity index (χ1n) is 9.36. The number of likely N-dealkylation sites (tertiary alicyclic amines) is 1. The maximum atomic E-state index is 12.2. The average Bonchev–Trinajstić information content (AvgIpc) is 3.28. The minimum absolute atomic E-state index is 0.201. The van der Waals surface area contributed by atoms with Gasteiger partial charge in [-0.1, -0.05) is 0 Å². The Morgan fingerprint density at radius 1 is 1.29 bits per heavy atom. The number of rotatable bonds is 7. The number of amides is 2. The van der Waals surface area contributed by atoms with Gasteiger partial charge in [0.05, 0.1) is 25.2 Å². The summed E-state index contributed by atoms with van der Waals surface area (Å²) in [5, 5.41) is 13.1. The molecule has 0 saturated carbocycles. The van der Waals surface area contributed by atoms with Gasteiger partial charge < -0.3 is 29.8 Å². The second-order valence-electron chi connectivity index (χ2n) is 7.46. The predicted octanol–water partition coefficient (Wildman–Crippen LogP) is 2.62. The summed E-state index contributed by atoms with van der Waals surface area (Å²) >= 11 is 0. The van der Waals surface area contributed by atoms with Crippen molar-refractivity contribution in [1.29, 1.82) is 0 Å². The molecule has 1 saturated heterocycles. The molecule has 0 aliphatic carbocycles. The quantitative estimate of drug-likeness (QED) is 0.632. The second kappa shape index (κ2) is 8.00. The first-order chi connectivity index (χ1) is 13.4. The molecular formula is C20H27N3O5. The van der Waals surface area contributed by atoms with E-state index >= 15 is 0 Å². The first kappa shape index (κ1) is 19.9. The molecular weight excluding hydrogens is 362 g/mol. The number of carboxylic acids is 1. The molecule has 3 rings (SSSR count). The summed E-state index contributed by atoms with van der Waals surface area (Å²) in [5.41, 5.74) is 1.15. The van der Waals surface area contributed by atoms with Crippen molar-refractivity contribution in [3.8, 4) is 11.5 Å². The number of nitrogens with one attached hydrogen (secondary N) is 2.